The van der Waals surface area contributed by atoms with Crippen molar-refractivity contribution in [1.29, 1.82) is 0 Å². The Hall–Kier alpha value is -0.600. The molecular formula is C13H17ClFN. The zero-order chi connectivity index (χ0) is 11.5. The number of nitrogens with zero attached hydrogens (tertiary/aromatic N) is 1. The average molecular weight is 242 g/mol. The molecule has 0 aliphatic carbocycles. The van der Waals surface area contributed by atoms with E-state index >= 15 is 0 Å². The van der Waals surface area contributed by atoms with E-state index in [-0.39, 0.29) is 5.82 Å². The van der Waals surface area contributed by atoms with Crippen molar-refractivity contribution in [1.82, 2.24) is 4.90 Å². The molecule has 2 rings (SSSR count). The third-order valence-corrected chi connectivity index (χ3v) is 3.52. The Morgan fingerprint density at radius 3 is 2.69 bits per heavy atom. The van der Waals surface area contributed by atoms with E-state index in [1.807, 2.05) is 0 Å². The molecule has 0 aromatic heterocycles. The maximum absolute atomic E-state index is 13.6. The topological polar surface area (TPSA) is 3.24 Å². The van der Waals surface area contributed by atoms with E-state index in [0.717, 1.165) is 24.6 Å². The molecule has 0 spiro atoms. The minimum atomic E-state index is -0.189. The number of hydrogen-bond acceptors (Lipinski definition) is 1. The Labute approximate surface area is 101 Å². The molecule has 0 unspecified atom stereocenters. The van der Waals surface area contributed by atoms with Crippen LogP contribution in [-0.2, 0) is 6.54 Å². The van der Waals surface area contributed by atoms with Gasteiger partial charge in [-0.2, -0.15) is 0 Å². The summed E-state index contributed by atoms with van der Waals surface area (Å²) in [6, 6.07) is 4.94. The maximum Gasteiger partial charge on any atom is 0.129 e. The van der Waals surface area contributed by atoms with Gasteiger partial charge >= 0.3 is 0 Å². The van der Waals surface area contributed by atoms with E-state index in [2.05, 4.69) is 11.8 Å². The number of halogens is 2. The molecule has 0 bridgehead atoms. The zero-order valence-corrected chi connectivity index (χ0v) is 10.3. The van der Waals surface area contributed by atoms with Crippen LogP contribution >= 0.6 is 11.6 Å². The minimum absolute atomic E-state index is 0.189. The van der Waals surface area contributed by atoms with Crippen molar-refractivity contribution < 1.29 is 4.39 Å². The summed E-state index contributed by atoms with van der Waals surface area (Å²) < 4.78 is 13.6. The lowest BCUT2D eigenvalue weighted by Crippen LogP contribution is -2.32. The van der Waals surface area contributed by atoms with Crippen molar-refractivity contribution in [3.8, 4) is 0 Å². The van der Waals surface area contributed by atoms with Crippen molar-refractivity contribution >= 4 is 11.6 Å². The molecule has 0 atom stereocenters. The predicted octanol–water partition coefficient (Wildman–Crippen LogP) is 3.71. The second kappa shape index (κ2) is 5.15. The highest BCUT2D eigenvalue weighted by molar-refractivity contribution is 6.30. The van der Waals surface area contributed by atoms with Crippen molar-refractivity contribution in [2.75, 3.05) is 13.1 Å². The monoisotopic (exact) mass is 241 g/mol. The van der Waals surface area contributed by atoms with Crippen molar-refractivity contribution in [3.63, 3.8) is 0 Å². The van der Waals surface area contributed by atoms with Crippen LogP contribution in [-0.4, -0.2) is 18.0 Å². The van der Waals surface area contributed by atoms with E-state index in [0.29, 0.717) is 11.6 Å². The van der Waals surface area contributed by atoms with Gasteiger partial charge in [-0.15, -0.1) is 0 Å². The van der Waals surface area contributed by atoms with Crippen LogP contribution in [0.3, 0.4) is 0 Å². The highest BCUT2D eigenvalue weighted by Crippen LogP contribution is 2.20. The zero-order valence-electron chi connectivity index (χ0n) is 9.55. The van der Waals surface area contributed by atoms with Gasteiger partial charge in [0.15, 0.2) is 0 Å². The van der Waals surface area contributed by atoms with Gasteiger partial charge in [0.05, 0.1) is 0 Å². The minimum Gasteiger partial charge on any atom is -0.299 e. The van der Waals surface area contributed by atoms with Crippen LogP contribution in [0.5, 0.6) is 0 Å². The van der Waals surface area contributed by atoms with Gasteiger partial charge in [-0.3, -0.25) is 4.90 Å². The SMILES string of the molecule is CC1CCN(Cc2ccc(Cl)cc2F)CC1. The third-order valence-electron chi connectivity index (χ3n) is 3.29. The molecule has 88 valence electrons. The van der Waals surface area contributed by atoms with E-state index in [4.69, 9.17) is 11.6 Å². The van der Waals surface area contributed by atoms with Crippen LogP contribution in [0, 0.1) is 11.7 Å². The third kappa shape index (κ3) is 2.96. The smallest absolute Gasteiger partial charge is 0.129 e. The van der Waals surface area contributed by atoms with Gasteiger partial charge in [0.2, 0.25) is 0 Å². The van der Waals surface area contributed by atoms with E-state index < -0.39 is 0 Å². The van der Waals surface area contributed by atoms with E-state index in [1.54, 1.807) is 12.1 Å². The fourth-order valence-corrected chi connectivity index (χ4v) is 2.27. The molecule has 1 aromatic carbocycles. The first-order valence-electron chi connectivity index (χ1n) is 5.81. The Balaban J connectivity index is 1.98. The van der Waals surface area contributed by atoms with E-state index in [9.17, 15) is 4.39 Å². The van der Waals surface area contributed by atoms with Gasteiger partial charge in [0, 0.05) is 17.1 Å². The lowest BCUT2D eigenvalue weighted by molar-refractivity contribution is 0.183. The molecular weight excluding hydrogens is 225 g/mol. The Kier molecular flexibility index (Phi) is 3.82. The van der Waals surface area contributed by atoms with E-state index in [1.165, 1.54) is 18.9 Å². The fourth-order valence-electron chi connectivity index (χ4n) is 2.11. The molecule has 1 aliphatic heterocycles. The Bertz CT molecular complexity index is 359. The number of hydrogen-bond donors (Lipinski definition) is 0. The molecule has 0 radical (unpaired) electrons. The number of rotatable bonds is 2. The van der Waals surface area contributed by atoms with Crippen LogP contribution in [0.4, 0.5) is 4.39 Å². The van der Waals surface area contributed by atoms with Crippen LogP contribution in [0.15, 0.2) is 18.2 Å². The van der Waals surface area contributed by atoms with Crippen LogP contribution in [0.1, 0.15) is 25.3 Å². The Morgan fingerprint density at radius 2 is 2.06 bits per heavy atom. The van der Waals surface area contributed by atoms with Gasteiger partial charge in [-0.25, -0.2) is 4.39 Å². The van der Waals surface area contributed by atoms with Gasteiger partial charge in [0.1, 0.15) is 5.82 Å². The van der Waals surface area contributed by atoms with Crippen molar-refractivity contribution in [3.05, 3.63) is 34.6 Å². The summed E-state index contributed by atoms with van der Waals surface area (Å²) in [4.78, 5) is 2.31. The van der Waals surface area contributed by atoms with Crippen molar-refractivity contribution in [2.24, 2.45) is 5.92 Å². The summed E-state index contributed by atoms with van der Waals surface area (Å²) in [5, 5.41) is 0.466. The molecule has 0 amide bonds. The maximum atomic E-state index is 13.6. The largest absolute Gasteiger partial charge is 0.299 e. The summed E-state index contributed by atoms with van der Waals surface area (Å²) >= 11 is 5.73. The molecule has 0 saturated carbocycles. The summed E-state index contributed by atoms with van der Waals surface area (Å²) in [5.74, 6) is 0.623. The standard InChI is InChI=1S/C13H17ClFN/c1-10-4-6-16(7-5-10)9-11-2-3-12(14)8-13(11)15/h2-3,8,10H,4-7,9H2,1H3. The first-order chi connectivity index (χ1) is 7.65. The highest BCUT2D eigenvalue weighted by atomic mass is 35.5. The summed E-state index contributed by atoms with van der Waals surface area (Å²) in [5.41, 5.74) is 0.749. The molecule has 1 nitrogen and oxygen atoms in total. The number of piperidine rings is 1. The summed E-state index contributed by atoms with van der Waals surface area (Å²) in [6.07, 6.45) is 2.43. The quantitative estimate of drug-likeness (QED) is 0.763. The average Bonchev–Trinajstić information content (AvgIpc) is 2.25. The molecule has 1 fully saturated rings. The first kappa shape index (κ1) is 11.9. The molecule has 1 saturated heterocycles. The van der Waals surface area contributed by atoms with Gasteiger partial charge in [0.25, 0.3) is 0 Å². The van der Waals surface area contributed by atoms with Crippen LogP contribution < -0.4 is 0 Å². The summed E-state index contributed by atoms with van der Waals surface area (Å²) in [6.45, 7) is 5.13. The molecule has 1 aromatic rings. The summed E-state index contributed by atoms with van der Waals surface area (Å²) in [7, 11) is 0. The first-order valence-corrected chi connectivity index (χ1v) is 6.19. The highest BCUT2D eigenvalue weighted by Gasteiger charge is 2.16. The van der Waals surface area contributed by atoms with Crippen molar-refractivity contribution in [2.45, 2.75) is 26.3 Å². The molecule has 3 heteroatoms. The molecule has 1 heterocycles. The Morgan fingerprint density at radius 1 is 1.38 bits per heavy atom. The van der Waals surface area contributed by atoms with Crippen LogP contribution in [0.25, 0.3) is 0 Å². The number of benzene rings is 1. The fraction of sp³-hybridized carbons (Fsp3) is 0.538. The van der Waals surface area contributed by atoms with Gasteiger partial charge in [-0.1, -0.05) is 24.6 Å². The molecule has 0 N–H and O–H groups in total. The predicted molar refractivity (Wildman–Crippen MR) is 65.1 cm³/mol. The van der Waals surface area contributed by atoms with Crippen LogP contribution in [0.2, 0.25) is 5.02 Å². The van der Waals surface area contributed by atoms with Gasteiger partial charge in [-0.05, 0) is 44.0 Å². The molecule has 1 aliphatic rings. The molecule has 16 heavy (non-hydrogen) atoms. The second-order valence-corrected chi connectivity index (χ2v) is 5.13. The van der Waals surface area contributed by atoms with Gasteiger partial charge < -0.3 is 0 Å². The lowest BCUT2D eigenvalue weighted by atomic mass is 9.99. The second-order valence-electron chi connectivity index (χ2n) is 4.69. The number of likely N-dealkylation sites (tertiary alicyclic amines) is 1. The lowest BCUT2D eigenvalue weighted by Gasteiger charge is -2.30. The normalized spacial score (nSPS) is 18.9.